The van der Waals surface area contributed by atoms with E-state index < -0.39 is 28.5 Å². The topological polar surface area (TPSA) is 114 Å². The maximum atomic E-state index is 14.2. The van der Waals surface area contributed by atoms with Crippen molar-refractivity contribution in [2.24, 2.45) is 0 Å². The summed E-state index contributed by atoms with van der Waals surface area (Å²) in [6.45, 7) is 5.48. The molecule has 0 saturated heterocycles. The van der Waals surface area contributed by atoms with Crippen LogP contribution in [0.1, 0.15) is 32.8 Å². The molecule has 1 unspecified atom stereocenters. The molecule has 3 aromatic carbocycles. The van der Waals surface area contributed by atoms with Gasteiger partial charge in [0.05, 0.1) is 31.4 Å². The largest absolute Gasteiger partial charge is 0.494 e. The van der Waals surface area contributed by atoms with Crippen LogP contribution in [0, 0.1) is 0 Å². The Morgan fingerprint density at radius 1 is 0.909 bits per heavy atom. The second-order valence-electron chi connectivity index (χ2n) is 9.53. The van der Waals surface area contributed by atoms with E-state index >= 15 is 0 Å². The van der Waals surface area contributed by atoms with Gasteiger partial charge in [0.15, 0.2) is 11.5 Å². The summed E-state index contributed by atoms with van der Waals surface area (Å²) in [4.78, 5) is 28.5. The Labute approximate surface area is 268 Å². The van der Waals surface area contributed by atoms with Gasteiger partial charge >= 0.3 is 0 Å². The number of carbonyl (C=O) groups excluding carboxylic acids is 2. The third-order valence-electron chi connectivity index (χ3n) is 6.75. The molecule has 0 bridgehead atoms. The van der Waals surface area contributed by atoms with Crippen LogP contribution in [0.4, 0.5) is 5.69 Å². The van der Waals surface area contributed by atoms with Gasteiger partial charge in [0.1, 0.15) is 18.3 Å². The van der Waals surface area contributed by atoms with Crippen LogP contribution < -0.4 is 23.8 Å². The van der Waals surface area contributed by atoms with Gasteiger partial charge < -0.3 is 24.4 Å². The minimum atomic E-state index is -4.35. The van der Waals surface area contributed by atoms with Crippen molar-refractivity contribution in [2.75, 3.05) is 38.2 Å². The molecular weight excluding hydrogens is 629 g/mol. The summed E-state index contributed by atoms with van der Waals surface area (Å²) < 4.78 is 45.5. The van der Waals surface area contributed by atoms with Crippen LogP contribution in [-0.2, 0) is 26.2 Å². The summed E-state index contributed by atoms with van der Waals surface area (Å²) in [5.74, 6) is 0.0879. The summed E-state index contributed by atoms with van der Waals surface area (Å²) in [5.41, 5.74) is 0.759. The molecule has 0 aliphatic rings. The highest BCUT2D eigenvalue weighted by molar-refractivity contribution is 7.92. The fraction of sp³-hybridized carbons (Fsp3) is 0.355. The van der Waals surface area contributed by atoms with Crippen LogP contribution in [-0.4, -0.2) is 65.1 Å². The second-order valence-corrected chi connectivity index (χ2v) is 12.2. The van der Waals surface area contributed by atoms with E-state index in [4.69, 9.17) is 37.4 Å². The van der Waals surface area contributed by atoms with E-state index in [-0.39, 0.29) is 35.2 Å². The molecule has 0 aliphatic carbocycles. The normalized spacial score (nSPS) is 11.8. The first-order valence-electron chi connectivity index (χ1n) is 14.0. The van der Waals surface area contributed by atoms with Crippen LogP contribution in [0.2, 0.25) is 10.0 Å². The fourth-order valence-electron chi connectivity index (χ4n) is 4.55. The van der Waals surface area contributed by atoms with Crippen LogP contribution in [0.15, 0.2) is 65.6 Å². The Morgan fingerprint density at radius 2 is 1.59 bits per heavy atom. The van der Waals surface area contributed by atoms with E-state index in [0.29, 0.717) is 40.3 Å². The number of amides is 2. The van der Waals surface area contributed by atoms with Gasteiger partial charge in [-0.25, -0.2) is 8.42 Å². The Bertz CT molecular complexity index is 1550. The average molecular weight is 667 g/mol. The minimum absolute atomic E-state index is 0.0575. The number of nitrogens with zero attached hydrogens (tertiary/aromatic N) is 2. The first-order valence-corrected chi connectivity index (χ1v) is 16.2. The molecule has 44 heavy (non-hydrogen) atoms. The van der Waals surface area contributed by atoms with E-state index in [1.807, 2.05) is 6.92 Å². The average Bonchev–Trinajstić information content (AvgIpc) is 3.01. The van der Waals surface area contributed by atoms with Crippen LogP contribution in [0.5, 0.6) is 17.2 Å². The van der Waals surface area contributed by atoms with Gasteiger partial charge in [-0.1, -0.05) is 36.2 Å². The van der Waals surface area contributed by atoms with Crippen molar-refractivity contribution in [2.45, 2.75) is 44.7 Å². The minimum Gasteiger partial charge on any atom is -0.494 e. The molecule has 0 saturated carbocycles. The highest BCUT2D eigenvalue weighted by Gasteiger charge is 2.34. The van der Waals surface area contributed by atoms with Gasteiger partial charge in [-0.05, 0) is 74.4 Å². The molecule has 13 heteroatoms. The number of methoxy groups -OCH3 is 2. The summed E-state index contributed by atoms with van der Waals surface area (Å²) in [6.07, 6.45) is 0.272. The first kappa shape index (κ1) is 34.8. The smallest absolute Gasteiger partial charge is 0.264 e. The standard InChI is InChI=1S/C31H37Cl2N3O7S/c1-6-27(31(38)34-7-2)35(19-21-9-10-22(32)17-26(21)33)30(37)20-36(23-11-13-24(14-12-23)43-8-3)44(39,40)25-15-16-28(41-4)29(18-25)42-5/h9-18,27H,6-8,19-20H2,1-5H3,(H,34,38). The molecule has 3 aromatic rings. The van der Waals surface area contributed by atoms with Gasteiger partial charge in [0.25, 0.3) is 10.0 Å². The number of rotatable bonds is 15. The second kappa shape index (κ2) is 15.9. The van der Waals surface area contributed by atoms with Crippen molar-refractivity contribution in [1.29, 1.82) is 0 Å². The Balaban J connectivity index is 2.13. The van der Waals surface area contributed by atoms with Crippen molar-refractivity contribution >= 4 is 50.7 Å². The lowest BCUT2D eigenvalue weighted by atomic mass is 10.1. The van der Waals surface area contributed by atoms with Crippen LogP contribution >= 0.6 is 23.2 Å². The van der Waals surface area contributed by atoms with Crippen LogP contribution in [0.25, 0.3) is 0 Å². The zero-order chi connectivity index (χ0) is 32.4. The molecular formula is C31H37Cl2N3O7S. The third-order valence-corrected chi connectivity index (χ3v) is 9.11. The van der Waals surface area contributed by atoms with E-state index in [1.54, 1.807) is 56.3 Å². The molecule has 0 aliphatic heterocycles. The summed E-state index contributed by atoms with van der Waals surface area (Å²) in [6, 6.07) is 14.5. The Hall–Kier alpha value is -3.67. The number of sulfonamides is 1. The molecule has 1 atom stereocenters. The predicted octanol–water partition coefficient (Wildman–Crippen LogP) is 5.55. The molecule has 0 aromatic heterocycles. The van der Waals surface area contributed by atoms with Crippen molar-refractivity contribution in [1.82, 2.24) is 10.2 Å². The number of carbonyl (C=O) groups is 2. The van der Waals surface area contributed by atoms with Gasteiger partial charge in [-0.3, -0.25) is 13.9 Å². The number of likely N-dealkylation sites (N-methyl/N-ethyl adjacent to an activating group) is 1. The summed E-state index contributed by atoms with van der Waals surface area (Å²) in [7, 11) is -1.51. The fourth-order valence-corrected chi connectivity index (χ4v) is 6.45. The number of ether oxygens (including phenoxy) is 3. The van der Waals surface area contributed by atoms with Crippen LogP contribution in [0.3, 0.4) is 0 Å². The first-order chi connectivity index (χ1) is 21.0. The zero-order valence-electron chi connectivity index (χ0n) is 25.3. The van der Waals surface area contributed by atoms with Gasteiger partial charge in [0.2, 0.25) is 11.8 Å². The highest BCUT2D eigenvalue weighted by Crippen LogP contribution is 2.33. The quantitative estimate of drug-likeness (QED) is 0.226. The molecule has 0 spiro atoms. The van der Waals surface area contributed by atoms with Crippen molar-refractivity contribution in [3.63, 3.8) is 0 Å². The lowest BCUT2D eigenvalue weighted by molar-refractivity contribution is -0.140. The Morgan fingerprint density at radius 3 is 2.16 bits per heavy atom. The number of hydrogen-bond donors (Lipinski definition) is 1. The molecule has 1 N–H and O–H groups in total. The van der Waals surface area contributed by atoms with Gasteiger partial charge in [0, 0.05) is 29.2 Å². The molecule has 0 heterocycles. The molecule has 3 rings (SSSR count). The third kappa shape index (κ3) is 8.28. The summed E-state index contributed by atoms with van der Waals surface area (Å²) in [5, 5.41) is 3.49. The van der Waals surface area contributed by atoms with E-state index in [0.717, 1.165) is 4.31 Å². The van der Waals surface area contributed by atoms with Gasteiger partial charge in [-0.2, -0.15) is 0 Å². The molecule has 0 radical (unpaired) electrons. The maximum Gasteiger partial charge on any atom is 0.264 e. The predicted molar refractivity (Wildman–Crippen MR) is 171 cm³/mol. The molecule has 238 valence electrons. The van der Waals surface area contributed by atoms with E-state index in [1.165, 1.54) is 37.3 Å². The number of benzene rings is 3. The molecule has 10 nitrogen and oxygen atoms in total. The Kier molecular flexibility index (Phi) is 12.6. The zero-order valence-corrected chi connectivity index (χ0v) is 27.6. The molecule has 0 fully saturated rings. The SMILES string of the molecule is CCNC(=O)C(CC)N(Cc1ccc(Cl)cc1Cl)C(=O)CN(c1ccc(OCC)cc1)S(=O)(=O)c1ccc(OC)c(OC)c1. The highest BCUT2D eigenvalue weighted by atomic mass is 35.5. The number of halogens is 2. The lowest BCUT2D eigenvalue weighted by Gasteiger charge is -2.33. The number of nitrogens with one attached hydrogen (secondary N) is 1. The monoisotopic (exact) mass is 665 g/mol. The molecule has 2 amide bonds. The van der Waals surface area contributed by atoms with Gasteiger partial charge in [-0.15, -0.1) is 0 Å². The number of anilines is 1. The van der Waals surface area contributed by atoms with Crippen molar-refractivity contribution in [3.8, 4) is 17.2 Å². The van der Waals surface area contributed by atoms with Crippen molar-refractivity contribution in [3.05, 3.63) is 76.3 Å². The van der Waals surface area contributed by atoms with Crippen molar-refractivity contribution < 1.29 is 32.2 Å². The number of hydrogen-bond acceptors (Lipinski definition) is 7. The summed E-state index contributed by atoms with van der Waals surface area (Å²) >= 11 is 12.5. The van der Waals surface area contributed by atoms with E-state index in [2.05, 4.69) is 5.32 Å². The van der Waals surface area contributed by atoms with E-state index in [9.17, 15) is 18.0 Å². The maximum absolute atomic E-state index is 14.2. The lowest BCUT2D eigenvalue weighted by Crippen LogP contribution is -2.52.